The summed E-state index contributed by atoms with van der Waals surface area (Å²) >= 11 is 0. The first-order chi connectivity index (χ1) is 9.20. The van der Waals surface area contributed by atoms with Gasteiger partial charge in [0, 0.05) is 25.9 Å². The van der Waals surface area contributed by atoms with E-state index in [-0.39, 0.29) is 0 Å². The number of pyridine rings is 1. The van der Waals surface area contributed by atoms with E-state index in [1.165, 1.54) is 0 Å². The van der Waals surface area contributed by atoms with Crippen LogP contribution in [0.25, 0.3) is 0 Å². The van der Waals surface area contributed by atoms with Crippen LogP contribution >= 0.6 is 0 Å². The fourth-order valence-corrected chi connectivity index (χ4v) is 1.66. The first-order valence-electron chi connectivity index (χ1n) is 5.99. The van der Waals surface area contributed by atoms with Gasteiger partial charge in [-0.05, 0) is 36.4 Å². The molecule has 0 N–H and O–H groups in total. The molecule has 0 atom stereocenters. The summed E-state index contributed by atoms with van der Waals surface area (Å²) in [5, 5.41) is 0. The predicted octanol–water partition coefficient (Wildman–Crippen LogP) is 2.56. The van der Waals surface area contributed by atoms with Crippen molar-refractivity contribution in [3.8, 4) is 17.6 Å². The van der Waals surface area contributed by atoms with E-state index in [9.17, 15) is 0 Å². The molecule has 2 aromatic rings. The van der Waals surface area contributed by atoms with Gasteiger partial charge in [-0.2, -0.15) is 0 Å². The lowest BCUT2D eigenvalue weighted by Gasteiger charge is -2.12. The Hall–Kier alpha value is -2.47. The van der Waals surface area contributed by atoms with Crippen molar-refractivity contribution < 1.29 is 4.74 Å². The van der Waals surface area contributed by atoms with E-state index in [4.69, 9.17) is 4.74 Å². The van der Waals surface area contributed by atoms with Crippen LogP contribution in [-0.4, -0.2) is 26.2 Å². The second-order valence-electron chi connectivity index (χ2n) is 4.25. The number of nitrogens with zero attached hydrogens (tertiary/aromatic N) is 2. The number of anilines is 1. The molecule has 1 aromatic carbocycles. The average molecular weight is 252 g/mol. The maximum absolute atomic E-state index is 5.12. The van der Waals surface area contributed by atoms with Gasteiger partial charge in [-0.15, -0.1) is 0 Å². The van der Waals surface area contributed by atoms with Crippen LogP contribution in [0.3, 0.4) is 0 Å². The highest BCUT2D eigenvalue weighted by Gasteiger charge is 2.01. The summed E-state index contributed by atoms with van der Waals surface area (Å²) in [4.78, 5) is 6.28. The third-order valence-electron chi connectivity index (χ3n) is 2.64. The number of methoxy groups -OCH3 is 1. The van der Waals surface area contributed by atoms with E-state index >= 15 is 0 Å². The Morgan fingerprint density at radius 3 is 2.42 bits per heavy atom. The van der Waals surface area contributed by atoms with Gasteiger partial charge in [-0.1, -0.05) is 11.8 Å². The monoisotopic (exact) mass is 252 g/mol. The van der Waals surface area contributed by atoms with Crippen LogP contribution in [0.1, 0.15) is 11.1 Å². The third kappa shape index (κ3) is 3.26. The molecule has 1 heterocycles. The third-order valence-corrected chi connectivity index (χ3v) is 2.64. The molecule has 0 amide bonds. The SMILES string of the molecule is COc1ccc(C#Cc2cccnc2N(C)C)cc1. The predicted molar refractivity (Wildman–Crippen MR) is 77.5 cm³/mol. The Labute approximate surface area is 113 Å². The maximum atomic E-state index is 5.12. The Bertz CT molecular complexity index is 607. The van der Waals surface area contributed by atoms with Gasteiger partial charge in [0.1, 0.15) is 11.6 Å². The summed E-state index contributed by atoms with van der Waals surface area (Å²) in [5.41, 5.74) is 1.87. The number of hydrogen-bond donors (Lipinski definition) is 0. The Balaban J connectivity index is 2.28. The van der Waals surface area contributed by atoms with Gasteiger partial charge in [0.2, 0.25) is 0 Å². The van der Waals surface area contributed by atoms with E-state index in [0.717, 1.165) is 22.7 Å². The summed E-state index contributed by atoms with van der Waals surface area (Å²) in [6.07, 6.45) is 1.77. The number of benzene rings is 1. The summed E-state index contributed by atoms with van der Waals surface area (Å²) in [6.45, 7) is 0. The van der Waals surface area contributed by atoms with Gasteiger partial charge in [-0.25, -0.2) is 4.98 Å². The van der Waals surface area contributed by atoms with E-state index in [0.29, 0.717) is 0 Å². The minimum absolute atomic E-state index is 0.834. The Morgan fingerprint density at radius 1 is 1.05 bits per heavy atom. The van der Waals surface area contributed by atoms with Crippen LogP contribution < -0.4 is 9.64 Å². The quantitative estimate of drug-likeness (QED) is 0.768. The van der Waals surface area contributed by atoms with Crippen LogP contribution in [0.5, 0.6) is 5.75 Å². The molecular formula is C16H16N2O. The summed E-state index contributed by atoms with van der Waals surface area (Å²) in [5.74, 6) is 8.00. The van der Waals surface area contributed by atoms with E-state index in [2.05, 4.69) is 16.8 Å². The standard InChI is InChI=1S/C16H16N2O/c1-18(2)16-14(5-4-12-17-16)9-6-13-7-10-15(19-3)11-8-13/h4-5,7-8,10-12H,1-3H3. The van der Waals surface area contributed by atoms with Crippen molar-refractivity contribution in [2.24, 2.45) is 0 Å². The highest BCUT2D eigenvalue weighted by Crippen LogP contribution is 2.14. The van der Waals surface area contributed by atoms with E-state index < -0.39 is 0 Å². The second kappa shape index (κ2) is 5.92. The molecular weight excluding hydrogens is 236 g/mol. The molecule has 0 fully saturated rings. The lowest BCUT2D eigenvalue weighted by molar-refractivity contribution is 0.415. The van der Waals surface area contributed by atoms with E-state index in [1.807, 2.05) is 55.4 Å². The molecule has 0 aliphatic rings. The van der Waals surface area contributed by atoms with Crippen molar-refractivity contribution in [3.63, 3.8) is 0 Å². The number of rotatable bonds is 2. The molecule has 0 bridgehead atoms. The molecule has 3 heteroatoms. The fourth-order valence-electron chi connectivity index (χ4n) is 1.66. The molecule has 0 radical (unpaired) electrons. The van der Waals surface area contributed by atoms with Crippen LogP contribution in [0.15, 0.2) is 42.6 Å². The van der Waals surface area contributed by atoms with E-state index in [1.54, 1.807) is 13.3 Å². The van der Waals surface area contributed by atoms with Gasteiger partial charge in [0.25, 0.3) is 0 Å². The highest BCUT2D eigenvalue weighted by atomic mass is 16.5. The molecule has 0 aliphatic heterocycles. The zero-order valence-electron chi connectivity index (χ0n) is 11.3. The molecule has 3 nitrogen and oxygen atoms in total. The van der Waals surface area contributed by atoms with Crippen molar-refractivity contribution in [3.05, 3.63) is 53.7 Å². The number of ether oxygens (including phenoxy) is 1. The van der Waals surface area contributed by atoms with Gasteiger partial charge >= 0.3 is 0 Å². The highest BCUT2D eigenvalue weighted by molar-refractivity contribution is 5.56. The molecule has 96 valence electrons. The molecule has 2 rings (SSSR count). The number of aromatic nitrogens is 1. The largest absolute Gasteiger partial charge is 0.497 e. The first kappa shape index (κ1) is 13.0. The molecule has 0 aliphatic carbocycles. The second-order valence-corrected chi connectivity index (χ2v) is 4.25. The smallest absolute Gasteiger partial charge is 0.143 e. The lowest BCUT2D eigenvalue weighted by Crippen LogP contribution is -2.12. The van der Waals surface area contributed by atoms with Crippen molar-refractivity contribution in [2.75, 3.05) is 26.1 Å². The van der Waals surface area contributed by atoms with Gasteiger partial charge in [0.15, 0.2) is 0 Å². The summed E-state index contributed by atoms with van der Waals surface area (Å²) < 4.78 is 5.12. The number of hydrogen-bond acceptors (Lipinski definition) is 3. The normalized spacial score (nSPS) is 9.42. The molecule has 0 unspecified atom stereocenters. The van der Waals surface area contributed by atoms with Crippen LogP contribution in [0.2, 0.25) is 0 Å². The average Bonchev–Trinajstić information content (AvgIpc) is 2.46. The molecule has 1 aromatic heterocycles. The van der Waals surface area contributed by atoms with Crippen molar-refractivity contribution in [2.45, 2.75) is 0 Å². The molecule has 0 saturated carbocycles. The minimum atomic E-state index is 0.834. The van der Waals surface area contributed by atoms with Gasteiger partial charge in [0.05, 0.1) is 12.7 Å². The molecule has 0 spiro atoms. The fraction of sp³-hybridized carbons (Fsp3) is 0.188. The van der Waals surface area contributed by atoms with Crippen LogP contribution in [-0.2, 0) is 0 Å². The molecule has 0 saturated heterocycles. The zero-order valence-corrected chi connectivity index (χ0v) is 11.3. The van der Waals surface area contributed by atoms with Crippen molar-refractivity contribution in [1.82, 2.24) is 4.98 Å². The Morgan fingerprint density at radius 2 is 1.79 bits per heavy atom. The van der Waals surface area contributed by atoms with Crippen LogP contribution in [0.4, 0.5) is 5.82 Å². The molecule has 19 heavy (non-hydrogen) atoms. The van der Waals surface area contributed by atoms with Crippen LogP contribution in [0, 0.1) is 11.8 Å². The summed E-state index contributed by atoms with van der Waals surface area (Å²) in [6, 6.07) is 11.6. The van der Waals surface area contributed by atoms with Crippen molar-refractivity contribution in [1.29, 1.82) is 0 Å². The summed E-state index contributed by atoms with van der Waals surface area (Å²) in [7, 11) is 5.57. The maximum Gasteiger partial charge on any atom is 0.143 e. The van der Waals surface area contributed by atoms with Gasteiger partial charge < -0.3 is 9.64 Å². The van der Waals surface area contributed by atoms with Gasteiger partial charge in [-0.3, -0.25) is 0 Å². The Kier molecular flexibility index (Phi) is 4.04. The first-order valence-corrected chi connectivity index (χ1v) is 5.99. The zero-order chi connectivity index (χ0) is 13.7. The lowest BCUT2D eigenvalue weighted by atomic mass is 10.2. The minimum Gasteiger partial charge on any atom is -0.497 e. The van der Waals surface area contributed by atoms with Crippen molar-refractivity contribution >= 4 is 5.82 Å². The topological polar surface area (TPSA) is 25.4 Å².